The average molecular weight is 387 g/mol. The fourth-order valence-electron chi connectivity index (χ4n) is 3.00. The maximum absolute atomic E-state index is 11.8. The van der Waals surface area contributed by atoms with E-state index in [9.17, 15) is 9.59 Å². The van der Waals surface area contributed by atoms with E-state index < -0.39 is 25.4 Å². The van der Waals surface area contributed by atoms with Gasteiger partial charge >= 0.3 is 11.9 Å². The summed E-state index contributed by atoms with van der Waals surface area (Å²) < 4.78 is 5.13. The fraction of sp³-hybridized carbons (Fsp3) is 0.905. The van der Waals surface area contributed by atoms with Crippen molar-refractivity contribution >= 4 is 20.0 Å². The van der Waals surface area contributed by atoms with E-state index in [1.54, 1.807) is 0 Å². The summed E-state index contributed by atoms with van der Waals surface area (Å²) in [4.78, 5) is 22.8. The average Bonchev–Trinajstić information content (AvgIpc) is 2.56. The van der Waals surface area contributed by atoms with E-state index in [4.69, 9.17) is 9.84 Å². The molecule has 1 N–H and O–H groups in total. The third-order valence-corrected chi connectivity index (χ3v) is 8.65. The summed E-state index contributed by atoms with van der Waals surface area (Å²) in [6.45, 7) is 10.3. The van der Waals surface area contributed by atoms with E-state index in [0.29, 0.717) is 6.61 Å². The second-order valence-corrected chi connectivity index (χ2v) is 14.2. The Balaban J connectivity index is 3.72. The quantitative estimate of drug-likeness (QED) is 0.147. The highest BCUT2D eigenvalue weighted by atomic mass is 28.3. The van der Waals surface area contributed by atoms with Crippen LogP contribution in [0.1, 0.15) is 85.0 Å². The molecule has 0 bridgehead atoms. The highest BCUT2D eigenvalue weighted by Crippen LogP contribution is 2.23. The van der Waals surface area contributed by atoms with Gasteiger partial charge in [-0.1, -0.05) is 89.9 Å². The van der Waals surface area contributed by atoms with Crippen LogP contribution in [-0.2, 0) is 14.3 Å². The molecule has 0 aromatic heterocycles. The van der Waals surface area contributed by atoms with E-state index in [1.165, 1.54) is 77.3 Å². The maximum atomic E-state index is 11.8. The Kier molecular flexibility index (Phi) is 12.9. The summed E-state index contributed by atoms with van der Waals surface area (Å²) in [5.74, 6) is -1.78. The van der Waals surface area contributed by atoms with Gasteiger partial charge in [-0.15, -0.1) is 0 Å². The molecule has 0 amide bonds. The number of ether oxygens (including phenoxy) is 1. The van der Waals surface area contributed by atoms with Crippen LogP contribution < -0.4 is 0 Å². The number of carbonyl (C=O) groups excluding carboxylic acids is 1. The summed E-state index contributed by atoms with van der Waals surface area (Å²) >= 11 is 0. The summed E-state index contributed by atoms with van der Waals surface area (Å²) in [6, 6.07) is 2.64. The summed E-state index contributed by atoms with van der Waals surface area (Å²) in [5, 5.41) is 9.00. The predicted octanol–water partition coefficient (Wildman–Crippen LogP) is 6.27. The van der Waals surface area contributed by atoms with Gasteiger partial charge in [0.15, 0.2) is 5.41 Å². The van der Waals surface area contributed by atoms with Gasteiger partial charge in [0.25, 0.3) is 0 Å². The third-order valence-electron chi connectivity index (χ3n) is 5.23. The minimum Gasteiger partial charge on any atom is -0.480 e. The molecule has 0 aromatic carbocycles. The normalized spacial score (nSPS) is 12.2. The number of carboxylic acid groups (broad SMARTS) is 1. The molecule has 5 heteroatoms. The topological polar surface area (TPSA) is 63.6 Å². The molecule has 26 heavy (non-hydrogen) atoms. The van der Waals surface area contributed by atoms with Gasteiger partial charge in [0.1, 0.15) is 0 Å². The smallest absolute Gasteiger partial charge is 0.322 e. The van der Waals surface area contributed by atoms with Crippen LogP contribution in [0.15, 0.2) is 0 Å². The molecule has 0 saturated carbocycles. The molecule has 0 rings (SSSR count). The zero-order chi connectivity index (χ0) is 20.1. The van der Waals surface area contributed by atoms with Gasteiger partial charge < -0.3 is 9.84 Å². The Labute approximate surface area is 162 Å². The summed E-state index contributed by atoms with van der Waals surface area (Å²) in [5.41, 5.74) is -1.45. The maximum Gasteiger partial charge on any atom is 0.322 e. The number of rotatable bonds is 16. The molecule has 0 saturated heterocycles. The molecular weight excluding hydrogens is 344 g/mol. The zero-order valence-electron chi connectivity index (χ0n) is 17.9. The second kappa shape index (κ2) is 13.3. The van der Waals surface area contributed by atoms with Gasteiger partial charge in [0, 0.05) is 8.07 Å². The number of aliphatic carboxylic acids is 1. The van der Waals surface area contributed by atoms with Crippen LogP contribution in [0.2, 0.25) is 25.2 Å². The third kappa shape index (κ3) is 11.7. The molecule has 0 aliphatic heterocycles. The van der Waals surface area contributed by atoms with Crippen LogP contribution >= 0.6 is 0 Å². The van der Waals surface area contributed by atoms with Gasteiger partial charge in [0.05, 0.1) is 6.61 Å². The Bertz CT molecular complexity index is 405. The van der Waals surface area contributed by atoms with Crippen LogP contribution in [0.5, 0.6) is 0 Å². The van der Waals surface area contributed by atoms with Crippen molar-refractivity contribution in [1.82, 2.24) is 0 Å². The van der Waals surface area contributed by atoms with Gasteiger partial charge in [-0.05, 0) is 20.3 Å². The number of carbonyl (C=O) groups is 2. The van der Waals surface area contributed by atoms with Gasteiger partial charge in [-0.2, -0.15) is 0 Å². The Morgan fingerprint density at radius 2 is 1.31 bits per heavy atom. The lowest BCUT2D eigenvalue weighted by molar-refractivity contribution is -0.166. The standard InChI is InChI=1S/C21H42O4Si/c1-6-7-8-9-10-11-12-14-17-26(4,5)18-15-13-16-25-20(24)21(2,3)19(22)23/h6-18H2,1-5H3,(H,22,23). The first-order valence-corrected chi connectivity index (χ1v) is 14.0. The van der Waals surface area contributed by atoms with E-state index in [0.717, 1.165) is 12.8 Å². The van der Waals surface area contributed by atoms with E-state index in [-0.39, 0.29) is 0 Å². The largest absolute Gasteiger partial charge is 0.480 e. The Hall–Kier alpha value is -0.843. The highest BCUT2D eigenvalue weighted by Gasteiger charge is 2.37. The van der Waals surface area contributed by atoms with Crippen molar-refractivity contribution in [3.05, 3.63) is 0 Å². The highest BCUT2D eigenvalue weighted by molar-refractivity contribution is 6.77. The number of carboxylic acids is 1. The predicted molar refractivity (Wildman–Crippen MR) is 111 cm³/mol. The van der Waals surface area contributed by atoms with Crippen molar-refractivity contribution in [1.29, 1.82) is 0 Å². The number of hydrogen-bond donors (Lipinski definition) is 1. The SMILES string of the molecule is CCCCCCCCCC[Si](C)(C)CCCCOC(=O)C(C)(C)C(=O)O. The lowest BCUT2D eigenvalue weighted by Crippen LogP contribution is -2.35. The summed E-state index contributed by atoms with van der Waals surface area (Å²) in [6.07, 6.45) is 12.9. The van der Waals surface area contributed by atoms with Crippen molar-refractivity contribution < 1.29 is 19.4 Å². The van der Waals surface area contributed by atoms with Crippen LogP contribution in [0.3, 0.4) is 0 Å². The zero-order valence-corrected chi connectivity index (χ0v) is 18.9. The van der Waals surface area contributed by atoms with Gasteiger partial charge in [-0.3, -0.25) is 9.59 Å². The molecule has 0 heterocycles. The molecule has 0 fully saturated rings. The number of esters is 1. The van der Waals surface area contributed by atoms with Crippen molar-refractivity contribution in [2.24, 2.45) is 5.41 Å². The molecule has 0 aliphatic rings. The lowest BCUT2D eigenvalue weighted by atomic mass is 9.94. The van der Waals surface area contributed by atoms with Crippen LogP contribution in [-0.4, -0.2) is 31.7 Å². The molecule has 0 spiro atoms. The molecule has 0 aromatic rings. The monoisotopic (exact) mass is 386 g/mol. The molecule has 4 nitrogen and oxygen atoms in total. The lowest BCUT2D eigenvalue weighted by Gasteiger charge is -2.22. The number of unbranched alkanes of at least 4 members (excludes halogenated alkanes) is 8. The van der Waals surface area contributed by atoms with E-state index in [2.05, 4.69) is 20.0 Å². The van der Waals surface area contributed by atoms with Gasteiger partial charge in [-0.25, -0.2) is 0 Å². The number of hydrogen-bond acceptors (Lipinski definition) is 3. The first-order chi connectivity index (χ1) is 12.1. The Morgan fingerprint density at radius 1 is 0.846 bits per heavy atom. The van der Waals surface area contributed by atoms with Crippen molar-refractivity contribution in [3.8, 4) is 0 Å². The van der Waals surface area contributed by atoms with Crippen LogP contribution in [0.25, 0.3) is 0 Å². The van der Waals surface area contributed by atoms with Gasteiger partial charge in [0.2, 0.25) is 0 Å². The van der Waals surface area contributed by atoms with Crippen molar-refractivity contribution in [2.45, 2.75) is 110 Å². The fourth-order valence-corrected chi connectivity index (χ4v) is 5.66. The van der Waals surface area contributed by atoms with E-state index >= 15 is 0 Å². The molecule has 0 unspecified atom stereocenters. The minimum absolute atomic E-state index is 0.331. The molecule has 0 radical (unpaired) electrons. The van der Waals surface area contributed by atoms with Crippen LogP contribution in [0, 0.1) is 5.41 Å². The minimum atomic E-state index is -1.45. The Morgan fingerprint density at radius 3 is 1.81 bits per heavy atom. The van der Waals surface area contributed by atoms with Crippen molar-refractivity contribution in [3.63, 3.8) is 0 Å². The first kappa shape index (κ1) is 25.2. The molecule has 154 valence electrons. The van der Waals surface area contributed by atoms with Crippen LogP contribution in [0.4, 0.5) is 0 Å². The molecule has 0 aliphatic carbocycles. The van der Waals surface area contributed by atoms with Crippen molar-refractivity contribution in [2.75, 3.05) is 6.61 Å². The molecular formula is C21H42O4Si. The second-order valence-electron chi connectivity index (χ2n) is 8.91. The summed E-state index contributed by atoms with van der Waals surface area (Å²) in [7, 11) is -1.15. The molecule has 0 atom stereocenters. The van der Waals surface area contributed by atoms with E-state index in [1.807, 2.05) is 0 Å². The first-order valence-electron chi connectivity index (χ1n) is 10.5.